The van der Waals surface area contributed by atoms with Crippen molar-refractivity contribution in [1.82, 2.24) is 10.9 Å². The second-order valence-corrected chi connectivity index (χ2v) is 2.03. The number of hydrogen-bond donors (Lipinski definition) is 3. The van der Waals surface area contributed by atoms with Crippen LogP contribution >= 0.6 is 0 Å². The minimum atomic E-state index is 0.162. The van der Waals surface area contributed by atoms with Crippen molar-refractivity contribution in [3.05, 3.63) is 0 Å². The average Bonchev–Trinajstić information content (AvgIpc) is 1.87. The van der Waals surface area contributed by atoms with Crippen LogP contribution in [0.5, 0.6) is 0 Å². The lowest BCUT2D eigenvalue weighted by molar-refractivity contribution is 0.556. The lowest BCUT2D eigenvalue weighted by Gasteiger charge is -1.95. The second-order valence-electron chi connectivity index (χ2n) is 2.03. The van der Waals surface area contributed by atoms with E-state index in [4.69, 9.17) is 5.73 Å². The molecule has 1 fully saturated rings. The summed E-state index contributed by atoms with van der Waals surface area (Å²) in [6.45, 7) is 2.10. The quantitative estimate of drug-likeness (QED) is 0.373. The van der Waals surface area contributed by atoms with Crippen molar-refractivity contribution in [2.75, 3.05) is 0 Å². The van der Waals surface area contributed by atoms with Crippen molar-refractivity contribution in [1.29, 1.82) is 0 Å². The number of nitrogens with two attached hydrogens (primary N) is 1. The van der Waals surface area contributed by atoms with Gasteiger partial charge in [0, 0.05) is 6.04 Å². The highest BCUT2D eigenvalue weighted by Crippen LogP contribution is 1.96. The Hall–Kier alpha value is -0.120. The van der Waals surface area contributed by atoms with E-state index in [1.165, 1.54) is 0 Å². The largest absolute Gasteiger partial charge is 0.315 e. The fraction of sp³-hybridized carbons (Fsp3) is 1.00. The summed E-state index contributed by atoms with van der Waals surface area (Å²) in [5, 5.41) is 0. The van der Waals surface area contributed by atoms with Gasteiger partial charge in [0.15, 0.2) is 0 Å². The van der Waals surface area contributed by atoms with Crippen LogP contribution in [-0.2, 0) is 0 Å². The van der Waals surface area contributed by atoms with Gasteiger partial charge in [0.05, 0.1) is 6.17 Å². The van der Waals surface area contributed by atoms with Gasteiger partial charge in [-0.25, -0.2) is 5.43 Å². The number of nitrogens with one attached hydrogen (secondary N) is 2. The van der Waals surface area contributed by atoms with E-state index in [0.29, 0.717) is 6.04 Å². The minimum Gasteiger partial charge on any atom is -0.315 e. The lowest BCUT2D eigenvalue weighted by atomic mass is 10.2. The molecule has 0 aromatic rings. The first-order valence-electron chi connectivity index (χ1n) is 2.55. The van der Waals surface area contributed by atoms with Gasteiger partial charge in [-0.1, -0.05) is 0 Å². The zero-order valence-corrected chi connectivity index (χ0v) is 4.44. The Balaban J connectivity index is 2.26. The maximum absolute atomic E-state index is 5.45. The van der Waals surface area contributed by atoms with Gasteiger partial charge in [-0.3, -0.25) is 5.43 Å². The van der Waals surface area contributed by atoms with Crippen LogP contribution in [0.1, 0.15) is 13.3 Å². The molecule has 2 unspecified atom stereocenters. The maximum Gasteiger partial charge on any atom is 0.0694 e. The van der Waals surface area contributed by atoms with Gasteiger partial charge in [0.25, 0.3) is 0 Å². The van der Waals surface area contributed by atoms with Crippen LogP contribution in [0.3, 0.4) is 0 Å². The van der Waals surface area contributed by atoms with Crippen molar-refractivity contribution < 1.29 is 0 Å². The fourth-order valence-corrected chi connectivity index (χ4v) is 0.748. The molecule has 1 aliphatic rings. The van der Waals surface area contributed by atoms with Gasteiger partial charge in [-0.05, 0) is 13.3 Å². The maximum atomic E-state index is 5.45. The Morgan fingerprint density at radius 3 is 2.43 bits per heavy atom. The van der Waals surface area contributed by atoms with E-state index in [2.05, 4.69) is 17.8 Å². The molecule has 3 heteroatoms. The first-order chi connectivity index (χ1) is 3.29. The highest BCUT2D eigenvalue weighted by Gasteiger charge is 2.14. The Labute approximate surface area is 43.2 Å². The average molecular weight is 101 g/mol. The monoisotopic (exact) mass is 101 g/mol. The summed E-state index contributed by atoms with van der Waals surface area (Å²) in [6.07, 6.45) is 1.19. The van der Waals surface area contributed by atoms with Crippen LogP contribution in [0.4, 0.5) is 0 Å². The van der Waals surface area contributed by atoms with Crippen molar-refractivity contribution in [2.45, 2.75) is 25.6 Å². The third-order valence-electron chi connectivity index (χ3n) is 1.12. The predicted molar refractivity (Wildman–Crippen MR) is 28.3 cm³/mol. The molecule has 0 aromatic heterocycles. The molecule has 0 bridgehead atoms. The number of hydrogen-bond acceptors (Lipinski definition) is 3. The predicted octanol–water partition coefficient (Wildman–Crippen LogP) is -0.842. The van der Waals surface area contributed by atoms with Gasteiger partial charge in [0.2, 0.25) is 0 Å². The Kier molecular flexibility index (Phi) is 1.27. The smallest absolute Gasteiger partial charge is 0.0694 e. The van der Waals surface area contributed by atoms with Crippen LogP contribution in [0.2, 0.25) is 0 Å². The molecule has 1 aliphatic heterocycles. The Morgan fingerprint density at radius 2 is 2.29 bits per heavy atom. The topological polar surface area (TPSA) is 50.1 Å². The molecule has 0 radical (unpaired) electrons. The Bertz CT molecular complexity index is 56.0. The van der Waals surface area contributed by atoms with Gasteiger partial charge in [0.1, 0.15) is 0 Å². The molecule has 2 atom stereocenters. The molecule has 0 spiro atoms. The summed E-state index contributed by atoms with van der Waals surface area (Å²) in [6, 6.07) is 0.537. The third kappa shape index (κ3) is 1.12. The zero-order chi connectivity index (χ0) is 5.28. The first kappa shape index (κ1) is 5.03. The van der Waals surface area contributed by atoms with Gasteiger partial charge in [-0.2, -0.15) is 0 Å². The van der Waals surface area contributed by atoms with Crippen molar-refractivity contribution >= 4 is 0 Å². The molecular formula is C4H11N3. The molecule has 0 amide bonds. The summed E-state index contributed by atoms with van der Waals surface area (Å²) >= 11 is 0. The van der Waals surface area contributed by atoms with E-state index in [0.717, 1.165) is 6.42 Å². The number of rotatable bonds is 0. The molecule has 1 saturated heterocycles. The van der Waals surface area contributed by atoms with Crippen LogP contribution in [0.15, 0.2) is 0 Å². The highest BCUT2D eigenvalue weighted by molar-refractivity contribution is 4.72. The molecular weight excluding hydrogens is 90.1 g/mol. The van der Waals surface area contributed by atoms with E-state index in [9.17, 15) is 0 Å². The SMILES string of the molecule is CC1CC(N)NN1. The summed E-state index contributed by atoms with van der Waals surface area (Å²) in [4.78, 5) is 0. The normalized spacial score (nSPS) is 42.0. The Morgan fingerprint density at radius 1 is 1.57 bits per heavy atom. The van der Waals surface area contributed by atoms with Crippen LogP contribution in [-0.4, -0.2) is 12.2 Å². The molecule has 0 aromatic carbocycles. The first-order valence-corrected chi connectivity index (χ1v) is 2.55. The lowest BCUT2D eigenvalue weighted by Crippen LogP contribution is -2.37. The van der Waals surface area contributed by atoms with Gasteiger partial charge < -0.3 is 5.73 Å². The third-order valence-corrected chi connectivity index (χ3v) is 1.12. The van der Waals surface area contributed by atoms with Gasteiger partial charge >= 0.3 is 0 Å². The molecule has 4 N–H and O–H groups in total. The van der Waals surface area contributed by atoms with E-state index >= 15 is 0 Å². The van der Waals surface area contributed by atoms with E-state index < -0.39 is 0 Å². The van der Waals surface area contributed by atoms with E-state index in [-0.39, 0.29) is 6.17 Å². The second kappa shape index (κ2) is 1.78. The van der Waals surface area contributed by atoms with Crippen molar-refractivity contribution in [3.8, 4) is 0 Å². The minimum absolute atomic E-state index is 0.162. The molecule has 1 rings (SSSR count). The van der Waals surface area contributed by atoms with Gasteiger partial charge in [-0.15, -0.1) is 0 Å². The fourth-order valence-electron chi connectivity index (χ4n) is 0.748. The molecule has 0 saturated carbocycles. The van der Waals surface area contributed by atoms with Crippen LogP contribution in [0.25, 0.3) is 0 Å². The molecule has 0 aliphatic carbocycles. The summed E-state index contributed by atoms with van der Waals surface area (Å²) < 4.78 is 0. The molecule has 42 valence electrons. The molecule has 3 nitrogen and oxygen atoms in total. The number of hydrazine groups is 1. The zero-order valence-electron chi connectivity index (χ0n) is 4.44. The summed E-state index contributed by atoms with van der Waals surface area (Å²) in [7, 11) is 0. The summed E-state index contributed by atoms with van der Waals surface area (Å²) in [5.74, 6) is 0. The molecule has 7 heavy (non-hydrogen) atoms. The van der Waals surface area contributed by atoms with Crippen molar-refractivity contribution in [2.24, 2.45) is 5.73 Å². The summed E-state index contributed by atoms with van der Waals surface area (Å²) in [5.41, 5.74) is 11.3. The van der Waals surface area contributed by atoms with Crippen molar-refractivity contribution in [3.63, 3.8) is 0 Å². The van der Waals surface area contributed by atoms with E-state index in [1.807, 2.05) is 0 Å². The van der Waals surface area contributed by atoms with Crippen LogP contribution < -0.4 is 16.6 Å². The standard InChI is InChI=1S/C4H11N3/c1-3-2-4(5)7-6-3/h3-4,6-7H,2,5H2,1H3. The van der Waals surface area contributed by atoms with E-state index in [1.54, 1.807) is 0 Å². The molecule has 1 heterocycles. The highest BCUT2D eigenvalue weighted by atomic mass is 15.4. The van der Waals surface area contributed by atoms with Crippen LogP contribution in [0, 0.1) is 0 Å².